The van der Waals surface area contributed by atoms with Crippen LogP contribution < -0.4 is 0 Å². The van der Waals surface area contributed by atoms with Gasteiger partial charge >= 0.3 is 13.8 Å². The molecule has 0 spiro atoms. The van der Waals surface area contributed by atoms with E-state index in [-0.39, 0.29) is 6.61 Å². The summed E-state index contributed by atoms with van der Waals surface area (Å²) in [7, 11) is -2.51. The molecule has 0 aliphatic heterocycles. The Bertz CT molecular complexity index is 190. The second kappa shape index (κ2) is 5.27. The SMILES string of the molecule is CCOP(=O)(OC)OCC(=O)O. The van der Waals surface area contributed by atoms with E-state index in [4.69, 9.17) is 5.11 Å². The molecule has 0 aliphatic rings. The number of rotatable bonds is 6. The summed E-state index contributed by atoms with van der Waals surface area (Å²) in [6.45, 7) is 1.02. The molecule has 0 saturated carbocycles. The molecule has 0 aliphatic carbocycles. The Morgan fingerprint density at radius 2 is 2.08 bits per heavy atom. The Morgan fingerprint density at radius 3 is 2.42 bits per heavy atom. The van der Waals surface area contributed by atoms with Crippen LogP contribution in [0.1, 0.15) is 6.92 Å². The van der Waals surface area contributed by atoms with Crippen LogP contribution in [0.5, 0.6) is 0 Å². The summed E-state index contributed by atoms with van der Waals surface area (Å²) < 4.78 is 24.5. The minimum absolute atomic E-state index is 0.130. The molecule has 1 atom stereocenters. The molecular weight excluding hydrogens is 187 g/mol. The van der Waals surface area contributed by atoms with E-state index in [0.29, 0.717) is 0 Å². The number of hydrogen-bond acceptors (Lipinski definition) is 5. The van der Waals surface area contributed by atoms with Crippen molar-refractivity contribution in [2.24, 2.45) is 0 Å². The van der Waals surface area contributed by atoms with Gasteiger partial charge in [0.25, 0.3) is 0 Å². The van der Waals surface area contributed by atoms with Crippen molar-refractivity contribution in [1.29, 1.82) is 0 Å². The first-order valence-corrected chi connectivity index (χ1v) is 4.66. The quantitative estimate of drug-likeness (QED) is 0.638. The lowest BCUT2D eigenvalue weighted by molar-refractivity contribution is -0.140. The number of phosphoric acid groups is 1. The fraction of sp³-hybridized carbons (Fsp3) is 0.800. The molecule has 12 heavy (non-hydrogen) atoms. The normalized spacial score (nSPS) is 15.5. The molecule has 0 aromatic heterocycles. The third-order valence-electron chi connectivity index (χ3n) is 0.857. The van der Waals surface area contributed by atoms with E-state index in [9.17, 15) is 9.36 Å². The molecule has 0 aromatic carbocycles. The predicted octanol–water partition coefficient (Wildman–Crippen LogP) is 0.879. The number of phosphoric ester groups is 1. The zero-order valence-electron chi connectivity index (χ0n) is 6.85. The highest BCUT2D eigenvalue weighted by Gasteiger charge is 2.24. The van der Waals surface area contributed by atoms with E-state index in [2.05, 4.69) is 13.6 Å². The van der Waals surface area contributed by atoms with Gasteiger partial charge in [-0.25, -0.2) is 9.36 Å². The first-order valence-electron chi connectivity index (χ1n) is 3.20. The summed E-state index contributed by atoms with van der Waals surface area (Å²) in [5, 5.41) is 8.18. The van der Waals surface area contributed by atoms with Crippen LogP contribution in [0.3, 0.4) is 0 Å². The maximum Gasteiger partial charge on any atom is 0.475 e. The van der Waals surface area contributed by atoms with Crippen LogP contribution in [0.2, 0.25) is 0 Å². The average Bonchev–Trinajstić information content (AvgIpc) is 2.02. The van der Waals surface area contributed by atoms with Gasteiger partial charge in [0.15, 0.2) is 6.61 Å². The molecule has 1 N–H and O–H groups in total. The van der Waals surface area contributed by atoms with E-state index in [1.54, 1.807) is 6.92 Å². The van der Waals surface area contributed by atoms with Gasteiger partial charge in [-0.05, 0) is 6.92 Å². The molecule has 72 valence electrons. The van der Waals surface area contributed by atoms with Crippen molar-refractivity contribution in [2.75, 3.05) is 20.3 Å². The Labute approximate surface area is 70.0 Å². The van der Waals surface area contributed by atoms with Crippen LogP contribution in [-0.2, 0) is 22.9 Å². The second-order valence-corrected chi connectivity index (χ2v) is 3.49. The Balaban J connectivity index is 3.96. The summed E-state index contributed by atoms with van der Waals surface area (Å²) >= 11 is 0. The summed E-state index contributed by atoms with van der Waals surface area (Å²) in [5.41, 5.74) is 0. The fourth-order valence-corrected chi connectivity index (χ4v) is 1.31. The van der Waals surface area contributed by atoms with Gasteiger partial charge in [-0.2, -0.15) is 0 Å². The monoisotopic (exact) mass is 198 g/mol. The Hall–Kier alpha value is -0.420. The van der Waals surface area contributed by atoms with Crippen molar-refractivity contribution in [3.8, 4) is 0 Å². The number of carboxylic acid groups (broad SMARTS) is 1. The van der Waals surface area contributed by atoms with Crippen LogP contribution in [0, 0.1) is 0 Å². The minimum Gasteiger partial charge on any atom is -0.480 e. The van der Waals surface area contributed by atoms with E-state index < -0.39 is 20.4 Å². The van der Waals surface area contributed by atoms with Crippen LogP contribution in [-0.4, -0.2) is 31.4 Å². The summed E-state index contributed by atoms with van der Waals surface area (Å²) in [6, 6.07) is 0. The van der Waals surface area contributed by atoms with Crippen molar-refractivity contribution in [3.05, 3.63) is 0 Å². The highest BCUT2D eigenvalue weighted by molar-refractivity contribution is 7.48. The van der Waals surface area contributed by atoms with Crippen LogP contribution in [0.25, 0.3) is 0 Å². The molecule has 0 amide bonds. The highest BCUT2D eigenvalue weighted by atomic mass is 31.2. The first kappa shape index (κ1) is 11.6. The maximum absolute atomic E-state index is 11.2. The molecule has 0 radical (unpaired) electrons. The van der Waals surface area contributed by atoms with Gasteiger partial charge in [-0.1, -0.05) is 0 Å². The smallest absolute Gasteiger partial charge is 0.475 e. The number of carboxylic acids is 1. The van der Waals surface area contributed by atoms with Gasteiger partial charge in [0.2, 0.25) is 0 Å². The average molecular weight is 198 g/mol. The van der Waals surface area contributed by atoms with Gasteiger partial charge in [-0.3, -0.25) is 13.6 Å². The highest BCUT2D eigenvalue weighted by Crippen LogP contribution is 2.48. The van der Waals surface area contributed by atoms with Crippen LogP contribution in [0.4, 0.5) is 0 Å². The molecular formula is C5H11O6P. The zero-order valence-corrected chi connectivity index (χ0v) is 7.74. The van der Waals surface area contributed by atoms with Crippen molar-refractivity contribution < 1.29 is 28.0 Å². The lowest BCUT2D eigenvalue weighted by Crippen LogP contribution is -2.07. The lowest BCUT2D eigenvalue weighted by atomic mass is 10.8. The van der Waals surface area contributed by atoms with Crippen molar-refractivity contribution in [2.45, 2.75) is 6.92 Å². The molecule has 0 aromatic rings. The van der Waals surface area contributed by atoms with E-state index in [0.717, 1.165) is 7.11 Å². The molecule has 0 bridgehead atoms. The van der Waals surface area contributed by atoms with E-state index >= 15 is 0 Å². The Morgan fingerprint density at radius 1 is 1.50 bits per heavy atom. The van der Waals surface area contributed by atoms with Crippen LogP contribution >= 0.6 is 7.82 Å². The van der Waals surface area contributed by atoms with E-state index in [1.165, 1.54) is 0 Å². The van der Waals surface area contributed by atoms with Crippen molar-refractivity contribution in [3.63, 3.8) is 0 Å². The number of hydrogen-bond donors (Lipinski definition) is 1. The van der Waals surface area contributed by atoms with Gasteiger partial charge in [-0.15, -0.1) is 0 Å². The van der Waals surface area contributed by atoms with Gasteiger partial charge in [0.1, 0.15) is 0 Å². The van der Waals surface area contributed by atoms with Crippen molar-refractivity contribution in [1.82, 2.24) is 0 Å². The molecule has 6 nitrogen and oxygen atoms in total. The molecule has 7 heteroatoms. The molecule has 1 unspecified atom stereocenters. The molecule has 0 heterocycles. The molecule has 0 rings (SSSR count). The van der Waals surface area contributed by atoms with Gasteiger partial charge < -0.3 is 5.11 Å². The minimum atomic E-state index is -3.63. The third kappa shape index (κ3) is 4.46. The fourth-order valence-electron chi connectivity index (χ4n) is 0.435. The Kier molecular flexibility index (Phi) is 5.08. The topological polar surface area (TPSA) is 82.1 Å². The predicted molar refractivity (Wildman–Crippen MR) is 39.8 cm³/mol. The van der Waals surface area contributed by atoms with Gasteiger partial charge in [0, 0.05) is 7.11 Å². The largest absolute Gasteiger partial charge is 0.480 e. The number of carbonyl (C=O) groups is 1. The summed E-state index contributed by atoms with van der Waals surface area (Å²) in [6.07, 6.45) is 0. The van der Waals surface area contributed by atoms with Crippen LogP contribution in [0.15, 0.2) is 0 Å². The molecule has 0 saturated heterocycles. The van der Waals surface area contributed by atoms with Crippen molar-refractivity contribution >= 4 is 13.8 Å². The second-order valence-electron chi connectivity index (χ2n) is 1.71. The zero-order chi connectivity index (χ0) is 9.61. The third-order valence-corrected chi connectivity index (χ3v) is 2.32. The standard InChI is InChI=1S/C5H11O6P/c1-3-10-12(8,9-2)11-4-5(6)7/h3-4H2,1-2H3,(H,6,7). The maximum atomic E-state index is 11.2. The molecule has 0 fully saturated rings. The first-order chi connectivity index (χ1) is 5.54. The number of aliphatic carboxylic acids is 1. The summed E-state index contributed by atoms with van der Waals surface area (Å²) in [4.78, 5) is 10.0. The van der Waals surface area contributed by atoms with E-state index in [1.807, 2.05) is 0 Å². The lowest BCUT2D eigenvalue weighted by Gasteiger charge is -2.12. The van der Waals surface area contributed by atoms with Gasteiger partial charge in [0.05, 0.1) is 6.61 Å². The summed E-state index contributed by atoms with van der Waals surface area (Å²) in [5.74, 6) is -1.23.